The van der Waals surface area contributed by atoms with Crippen molar-refractivity contribution in [2.24, 2.45) is 0 Å². The van der Waals surface area contributed by atoms with Gasteiger partial charge in [-0.1, -0.05) is 36.2 Å². The number of aryl methyl sites for hydroxylation is 1. The maximum atomic E-state index is 12.8. The van der Waals surface area contributed by atoms with Gasteiger partial charge in [0.15, 0.2) is 0 Å². The number of ether oxygens (including phenoxy) is 1. The van der Waals surface area contributed by atoms with Crippen LogP contribution in [-0.2, 0) is 20.9 Å². The van der Waals surface area contributed by atoms with E-state index in [9.17, 15) is 9.59 Å². The molecule has 1 aromatic carbocycles. The molecule has 6 nitrogen and oxygen atoms in total. The second kappa shape index (κ2) is 10.0. The molecule has 0 N–H and O–H groups in total. The van der Waals surface area contributed by atoms with Crippen LogP contribution in [0, 0.1) is 6.92 Å². The van der Waals surface area contributed by atoms with Crippen molar-refractivity contribution in [2.75, 3.05) is 46.4 Å². The number of amides is 1. The number of carbonyl (C=O) groups is 2. The highest BCUT2D eigenvalue weighted by molar-refractivity contribution is 5.78. The molecular weight excluding hydrogens is 354 g/mol. The Bertz CT molecular complexity index is 671. The molecule has 1 aromatic rings. The molecule has 0 aliphatic carbocycles. The highest BCUT2D eigenvalue weighted by Gasteiger charge is 2.29. The molecule has 154 valence electrons. The molecule has 2 aliphatic heterocycles. The van der Waals surface area contributed by atoms with Crippen molar-refractivity contribution in [3.8, 4) is 0 Å². The number of benzene rings is 1. The second-order valence-corrected chi connectivity index (χ2v) is 8.05. The lowest BCUT2D eigenvalue weighted by molar-refractivity contribution is -0.144. The summed E-state index contributed by atoms with van der Waals surface area (Å²) in [5, 5.41) is 0. The number of methoxy groups -OCH3 is 1. The third-order valence-corrected chi connectivity index (χ3v) is 5.93. The Kier molecular flexibility index (Phi) is 7.45. The largest absolute Gasteiger partial charge is 0.469 e. The van der Waals surface area contributed by atoms with E-state index in [1.54, 1.807) is 0 Å². The van der Waals surface area contributed by atoms with Crippen molar-refractivity contribution in [3.63, 3.8) is 0 Å². The van der Waals surface area contributed by atoms with Crippen molar-refractivity contribution in [3.05, 3.63) is 35.4 Å². The standard InChI is InChI=1S/C22H33N3O3/c1-18-6-5-7-19(14-18)16-23-10-12-24(13-11-23)21(26)17-25-9-4-3-8-20(25)15-22(27)28-2/h5-7,14,20H,3-4,8-13,15-17H2,1-2H3. The van der Waals surface area contributed by atoms with Gasteiger partial charge in [-0.3, -0.25) is 19.4 Å². The first-order valence-electron chi connectivity index (χ1n) is 10.4. The van der Waals surface area contributed by atoms with Gasteiger partial charge in [-0.25, -0.2) is 0 Å². The Morgan fingerprint density at radius 3 is 2.61 bits per heavy atom. The van der Waals surface area contributed by atoms with E-state index >= 15 is 0 Å². The van der Waals surface area contributed by atoms with E-state index in [1.807, 2.05) is 4.90 Å². The van der Waals surface area contributed by atoms with Crippen molar-refractivity contribution in [1.82, 2.24) is 14.7 Å². The van der Waals surface area contributed by atoms with E-state index in [2.05, 4.69) is 41.0 Å². The molecular formula is C22H33N3O3. The molecule has 2 aliphatic rings. The molecule has 1 unspecified atom stereocenters. The van der Waals surface area contributed by atoms with Crippen LogP contribution >= 0.6 is 0 Å². The normalized spacial score (nSPS) is 21.5. The van der Waals surface area contributed by atoms with Crippen molar-refractivity contribution < 1.29 is 14.3 Å². The van der Waals surface area contributed by atoms with Gasteiger partial charge >= 0.3 is 5.97 Å². The van der Waals surface area contributed by atoms with Gasteiger partial charge in [0.2, 0.25) is 5.91 Å². The minimum Gasteiger partial charge on any atom is -0.469 e. The number of nitrogens with zero attached hydrogens (tertiary/aromatic N) is 3. The van der Waals surface area contributed by atoms with E-state index in [0.29, 0.717) is 13.0 Å². The van der Waals surface area contributed by atoms with Gasteiger partial charge in [0, 0.05) is 38.8 Å². The zero-order chi connectivity index (χ0) is 19.9. The van der Waals surface area contributed by atoms with E-state index in [4.69, 9.17) is 4.74 Å². The monoisotopic (exact) mass is 387 g/mol. The predicted octanol–water partition coefficient (Wildman–Crippen LogP) is 2.06. The quantitative estimate of drug-likeness (QED) is 0.700. The molecule has 3 rings (SSSR count). The molecule has 0 spiro atoms. The lowest BCUT2D eigenvalue weighted by atomic mass is 9.99. The van der Waals surface area contributed by atoms with Crippen LogP contribution in [0.1, 0.15) is 36.8 Å². The summed E-state index contributed by atoms with van der Waals surface area (Å²) in [7, 11) is 1.43. The van der Waals surface area contributed by atoms with E-state index in [1.165, 1.54) is 18.2 Å². The first-order valence-corrected chi connectivity index (χ1v) is 10.4. The molecule has 28 heavy (non-hydrogen) atoms. The number of esters is 1. The molecule has 2 heterocycles. The van der Waals surface area contributed by atoms with Crippen molar-refractivity contribution in [1.29, 1.82) is 0 Å². The van der Waals surface area contributed by atoms with E-state index < -0.39 is 0 Å². The number of hydrogen-bond donors (Lipinski definition) is 0. The minimum atomic E-state index is -0.186. The summed E-state index contributed by atoms with van der Waals surface area (Å²) in [4.78, 5) is 31.1. The third-order valence-electron chi connectivity index (χ3n) is 5.93. The van der Waals surface area contributed by atoms with Crippen LogP contribution in [0.3, 0.4) is 0 Å². The highest BCUT2D eigenvalue weighted by Crippen LogP contribution is 2.20. The lowest BCUT2D eigenvalue weighted by Crippen LogP contribution is -2.52. The van der Waals surface area contributed by atoms with Gasteiger partial charge in [-0.2, -0.15) is 0 Å². The van der Waals surface area contributed by atoms with Crippen molar-refractivity contribution in [2.45, 2.75) is 45.2 Å². The van der Waals surface area contributed by atoms with Gasteiger partial charge < -0.3 is 9.64 Å². The van der Waals surface area contributed by atoms with E-state index in [0.717, 1.165) is 58.5 Å². The maximum absolute atomic E-state index is 12.8. The Hall–Kier alpha value is -1.92. The number of piperidine rings is 1. The highest BCUT2D eigenvalue weighted by atomic mass is 16.5. The minimum absolute atomic E-state index is 0.132. The molecule has 0 saturated carbocycles. The molecule has 2 fully saturated rings. The van der Waals surface area contributed by atoms with Gasteiger partial charge in [-0.15, -0.1) is 0 Å². The van der Waals surface area contributed by atoms with Crippen LogP contribution in [0.5, 0.6) is 0 Å². The predicted molar refractivity (Wildman–Crippen MR) is 109 cm³/mol. The number of hydrogen-bond acceptors (Lipinski definition) is 5. The Balaban J connectivity index is 1.47. The van der Waals surface area contributed by atoms with Crippen LogP contribution < -0.4 is 0 Å². The van der Waals surface area contributed by atoms with Gasteiger partial charge in [0.1, 0.15) is 0 Å². The number of carbonyl (C=O) groups excluding carboxylic acids is 2. The summed E-state index contributed by atoms with van der Waals surface area (Å²) < 4.78 is 4.82. The average molecular weight is 388 g/mol. The SMILES string of the molecule is COC(=O)CC1CCCCN1CC(=O)N1CCN(Cc2cccc(C)c2)CC1. The van der Waals surface area contributed by atoms with Gasteiger partial charge in [0.25, 0.3) is 0 Å². The molecule has 6 heteroatoms. The number of likely N-dealkylation sites (tertiary alicyclic amines) is 1. The molecule has 1 amide bonds. The van der Waals surface area contributed by atoms with Crippen LogP contribution in [0.4, 0.5) is 0 Å². The second-order valence-electron chi connectivity index (χ2n) is 8.05. The topological polar surface area (TPSA) is 53.1 Å². The van der Waals surface area contributed by atoms with Gasteiger partial charge in [-0.05, 0) is 31.9 Å². The van der Waals surface area contributed by atoms with Crippen LogP contribution in [0.2, 0.25) is 0 Å². The number of rotatable bonds is 6. The Labute approximate surface area is 168 Å². The summed E-state index contributed by atoms with van der Waals surface area (Å²) >= 11 is 0. The van der Waals surface area contributed by atoms with Crippen LogP contribution in [0.25, 0.3) is 0 Å². The lowest BCUT2D eigenvalue weighted by Gasteiger charge is -2.38. The fraction of sp³-hybridized carbons (Fsp3) is 0.636. The summed E-state index contributed by atoms with van der Waals surface area (Å²) in [6.07, 6.45) is 3.56. The molecule has 0 radical (unpaired) electrons. The third kappa shape index (κ3) is 5.79. The summed E-state index contributed by atoms with van der Waals surface area (Å²) in [5.41, 5.74) is 2.62. The molecule has 0 bridgehead atoms. The number of piperazine rings is 1. The fourth-order valence-electron chi connectivity index (χ4n) is 4.27. The zero-order valence-corrected chi connectivity index (χ0v) is 17.2. The van der Waals surface area contributed by atoms with Crippen LogP contribution in [0.15, 0.2) is 24.3 Å². The average Bonchev–Trinajstić information content (AvgIpc) is 2.70. The van der Waals surface area contributed by atoms with Crippen molar-refractivity contribution >= 4 is 11.9 Å². The first kappa shape index (κ1) is 20.8. The maximum Gasteiger partial charge on any atom is 0.307 e. The summed E-state index contributed by atoms with van der Waals surface area (Å²) in [6.45, 7) is 7.74. The zero-order valence-electron chi connectivity index (χ0n) is 17.2. The first-order chi connectivity index (χ1) is 13.5. The van der Waals surface area contributed by atoms with Gasteiger partial charge in [0.05, 0.1) is 20.1 Å². The smallest absolute Gasteiger partial charge is 0.307 e. The Morgan fingerprint density at radius 2 is 1.89 bits per heavy atom. The summed E-state index contributed by atoms with van der Waals surface area (Å²) in [5.74, 6) is 0.00100. The van der Waals surface area contributed by atoms with Crippen LogP contribution in [-0.4, -0.2) is 79.0 Å². The van der Waals surface area contributed by atoms with E-state index in [-0.39, 0.29) is 17.9 Å². The molecule has 1 atom stereocenters. The summed E-state index contributed by atoms with van der Waals surface area (Å²) in [6, 6.07) is 8.76. The Morgan fingerprint density at radius 1 is 1.11 bits per heavy atom. The fourth-order valence-corrected chi connectivity index (χ4v) is 4.27. The molecule has 0 aromatic heterocycles. The molecule has 2 saturated heterocycles.